The summed E-state index contributed by atoms with van der Waals surface area (Å²) < 4.78 is 51.1. The zero-order chi connectivity index (χ0) is 16.1. The lowest BCUT2D eigenvalue weighted by Crippen LogP contribution is -2.53. The van der Waals surface area contributed by atoms with Gasteiger partial charge in [-0.15, -0.1) is 0 Å². The van der Waals surface area contributed by atoms with E-state index >= 15 is 0 Å². The molecule has 0 spiro atoms. The number of ether oxygens (including phenoxy) is 1. The predicted molar refractivity (Wildman–Crippen MR) is 62.7 cm³/mol. The average molecular weight is 308 g/mol. The third kappa shape index (κ3) is 4.84. The minimum atomic E-state index is -5.08. The van der Waals surface area contributed by atoms with Crippen LogP contribution in [0.15, 0.2) is 24.3 Å². The van der Waals surface area contributed by atoms with Gasteiger partial charge in [0.1, 0.15) is 5.92 Å². The van der Waals surface area contributed by atoms with Crippen molar-refractivity contribution in [3.8, 4) is 6.07 Å². The number of nitriles is 1. The third-order valence-electron chi connectivity index (χ3n) is 2.64. The zero-order valence-corrected chi connectivity index (χ0v) is 10.6. The number of carboxylic acid groups (broad SMARTS) is 1. The molecular weight excluding hydrogens is 296 g/mol. The summed E-state index contributed by atoms with van der Waals surface area (Å²) in [5.41, 5.74) is 0. The Morgan fingerprint density at radius 2 is 2.00 bits per heavy atom. The van der Waals surface area contributed by atoms with Crippen LogP contribution in [-0.2, 0) is 9.53 Å². The number of alkyl halides is 4. The zero-order valence-electron chi connectivity index (χ0n) is 10.6. The maximum atomic E-state index is 14.1. The monoisotopic (exact) mass is 308 g/mol. The average Bonchev–Trinajstić information content (AvgIpc) is 2.34. The van der Waals surface area contributed by atoms with Crippen molar-refractivity contribution in [2.75, 3.05) is 13.1 Å². The van der Waals surface area contributed by atoms with Crippen LogP contribution >= 0.6 is 0 Å². The first kappa shape index (κ1) is 17.1. The number of carboxylic acids is 1. The van der Waals surface area contributed by atoms with Crippen molar-refractivity contribution in [1.29, 1.82) is 5.26 Å². The highest BCUT2D eigenvalue weighted by Crippen LogP contribution is 2.31. The lowest BCUT2D eigenvalue weighted by molar-refractivity contribution is -0.192. The molecule has 0 aromatic heterocycles. The van der Waals surface area contributed by atoms with E-state index in [2.05, 4.69) is 5.32 Å². The number of aliphatic carboxylic acids is 1. The first-order valence-electron chi connectivity index (χ1n) is 5.82. The van der Waals surface area contributed by atoms with E-state index in [0.29, 0.717) is 13.1 Å². The summed E-state index contributed by atoms with van der Waals surface area (Å²) in [6.45, 7) is 1.31. The van der Waals surface area contributed by atoms with Gasteiger partial charge < -0.3 is 15.2 Å². The van der Waals surface area contributed by atoms with Gasteiger partial charge in [-0.1, -0.05) is 18.2 Å². The van der Waals surface area contributed by atoms with Crippen LogP contribution in [0.5, 0.6) is 0 Å². The van der Waals surface area contributed by atoms with Gasteiger partial charge in [-0.3, -0.25) is 0 Å². The summed E-state index contributed by atoms with van der Waals surface area (Å²) in [4.78, 5) is 8.90. The van der Waals surface area contributed by atoms with E-state index in [-0.39, 0.29) is 6.10 Å². The van der Waals surface area contributed by atoms with Gasteiger partial charge in [-0.2, -0.15) is 18.4 Å². The number of hydrogen-bond donors (Lipinski definition) is 2. The SMILES string of the molecule is N#CC1C=CC=CC1(F)OC1CNC1.O=C(O)C(F)(F)F. The Bertz CT molecular complexity index is 480. The molecule has 0 saturated carbocycles. The molecule has 0 amide bonds. The van der Waals surface area contributed by atoms with Crippen molar-refractivity contribution >= 4 is 5.97 Å². The molecule has 0 aromatic rings. The minimum absolute atomic E-state index is 0.119. The van der Waals surface area contributed by atoms with Crippen LogP contribution in [0.25, 0.3) is 0 Å². The van der Waals surface area contributed by atoms with Crippen molar-refractivity contribution in [2.45, 2.75) is 18.1 Å². The first-order valence-corrected chi connectivity index (χ1v) is 5.82. The molecule has 9 heteroatoms. The van der Waals surface area contributed by atoms with Gasteiger partial charge in [-0.25, -0.2) is 9.18 Å². The van der Waals surface area contributed by atoms with Gasteiger partial charge in [0.05, 0.1) is 12.2 Å². The molecule has 2 atom stereocenters. The molecule has 21 heavy (non-hydrogen) atoms. The van der Waals surface area contributed by atoms with E-state index in [1.807, 2.05) is 6.07 Å². The fraction of sp³-hybridized carbons (Fsp3) is 0.500. The number of halogens is 4. The Morgan fingerprint density at radius 1 is 1.43 bits per heavy atom. The molecule has 2 N–H and O–H groups in total. The Hall–Kier alpha value is -1.92. The number of hydrogen-bond acceptors (Lipinski definition) is 4. The molecule has 1 aliphatic carbocycles. The van der Waals surface area contributed by atoms with E-state index in [9.17, 15) is 17.6 Å². The molecular formula is C12H12F4N2O3. The van der Waals surface area contributed by atoms with Crippen LogP contribution in [0.3, 0.4) is 0 Å². The summed E-state index contributed by atoms with van der Waals surface area (Å²) in [6, 6.07) is 1.89. The molecule has 1 aliphatic heterocycles. The predicted octanol–water partition coefficient (Wildman–Crippen LogP) is 1.54. The smallest absolute Gasteiger partial charge is 0.475 e. The van der Waals surface area contributed by atoms with E-state index < -0.39 is 23.9 Å². The van der Waals surface area contributed by atoms with E-state index in [0.717, 1.165) is 0 Å². The standard InChI is InChI=1S/C10H11FN2O.C2HF3O2/c11-10(14-9-6-13-7-9)4-2-1-3-8(10)5-12;3-2(4,5)1(6)7/h1-4,8-9,13H,6-7H2;(H,6,7). The van der Waals surface area contributed by atoms with Crippen molar-refractivity contribution in [3.63, 3.8) is 0 Å². The third-order valence-corrected chi connectivity index (χ3v) is 2.64. The lowest BCUT2D eigenvalue weighted by Gasteiger charge is -2.35. The molecule has 2 aliphatic rings. The fourth-order valence-corrected chi connectivity index (χ4v) is 1.44. The maximum Gasteiger partial charge on any atom is 0.490 e. The second kappa shape index (κ2) is 6.69. The fourth-order valence-electron chi connectivity index (χ4n) is 1.44. The van der Waals surface area contributed by atoms with Crippen LogP contribution in [0, 0.1) is 17.2 Å². The van der Waals surface area contributed by atoms with Gasteiger partial charge in [0, 0.05) is 13.1 Å². The summed E-state index contributed by atoms with van der Waals surface area (Å²) in [5, 5.41) is 18.9. The van der Waals surface area contributed by atoms with E-state index in [1.165, 1.54) is 12.2 Å². The maximum absolute atomic E-state index is 14.1. The van der Waals surface area contributed by atoms with Gasteiger partial charge in [0.2, 0.25) is 5.85 Å². The molecule has 1 saturated heterocycles. The van der Waals surface area contributed by atoms with Gasteiger partial charge in [0.15, 0.2) is 0 Å². The first-order chi connectivity index (χ1) is 9.69. The number of rotatable bonds is 2. The summed E-state index contributed by atoms with van der Waals surface area (Å²) in [7, 11) is 0. The summed E-state index contributed by atoms with van der Waals surface area (Å²) in [6.07, 6.45) is 0.853. The van der Waals surface area contributed by atoms with E-state index in [4.69, 9.17) is 19.9 Å². The highest BCUT2D eigenvalue weighted by Gasteiger charge is 2.41. The largest absolute Gasteiger partial charge is 0.490 e. The normalized spacial score (nSPS) is 28.0. The Balaban J connectivity index is 0.000000270. The number of nitrogens with one attached hydrogen (secondary N) is 1. The Labute approximate surface area is 117 Å². The van der Waals surface area contributed by atoms with Gasteiger partial charge >= 0.3 is 12.1 Å². The molecule has 2 rings (SSSR count). The Morgan fingerprint density at radius 3 is 2.38 bits per heavy atom. The summed E-state index contributed by atoms with van der Waals surface area (Å²) >= 11 is 0. The van der Waals surface area contributed by atoms with Crippen LogP contribution < -0.4 is 5.32 Å². The molecule has 5 nitrogen and oxygen atoms in total. The van der Waals surface area contributed by atoms with Crippen LogP contribution in [-0.4, -0.2) is 42.3 Å². The lowest BCUT2D eigenvalue weighted by atomic mass is 9.96. The van der Waals surface area contributed by atoms with Crippen molar-refractivity contribution < 1.29 is 32.2 Å². The van der Waals surface area contributed by atoms with Crippen LogP contribution in [0.2, 0.25) is 0 Å². The molecule has 1 heterocycles. The minimum Gasteiger partial charge on any atom is -0.475 e. The van der Waals surface area contributed by atoms with Crippen LogP contribution in [0.4, 0.5) is 17.6 Å². The molecule has 1 fully saturated rings. The second-order valence-corrected chi connectivity index (χ2v) is 4.25. The highest BCUT2D eigenvalue weighted by molar-refractivity contribution is 5.73. The number of allylic oxidation sites excluding steroid dienone is 2. The molecule has 0 radical (unpaired) electrons. The Kier molecular flexibility index (Phi) is 5.46. The molecule has 2 unspecified atom stereocenters. The van der Waals surface area contributed by atoms with Gasteiger partial charge in [0.25, 0.3) is 0 Å². The van der Waals surface area contributed by atoms with Gasteiger partial charge in [-0.05, 0) is 6.08 Å². The van der Waals surface area contributed by atoms with E-state index in [1.54, 1.807) is 12.2 Å². The number of nitrogens with zero attached hydrogens (tertiary/aromatic N) is 1. The highest BCUT2D eigenvalue weighted by atomic mass is 19.4. The quantitative estimate of drug-likeness (QED) is 0.756. The van der Waals surface area contributed by atoms with Crippen LogP contribution in [0.1, 0.15) is 0 Å². The topological polar surface area (TPSA) is 82.3 Å². The number of carbonyl (C=O) groups is 1. The molecule has 0 bridgehead atoms. The van der Waals surface area contributed by atoms with Crippen molar-refractivity contribution in [1.82, 2.24) is 5.32 Å². The second-order valence-electron chi connectivity index (χ2n) is 4.25. The summed E-state index contributed by atoms with van der Waals surface area (Å²) in [5.74, 6) is -5.54. The van der Waals surface area contributed by atoms with Crippen molar-refractivity contribution in [2.24, 2.45) is 5.92 Å². The van der Waals surface area contributed by atoms with Crippen molar-refractivity contribution in [3.05, 3.63) is 24.3 Å². The molecule has 0 aromatic carbocycles. The molecule has 116 valence electrons.